The summed E-state index contributed by atoms with van der Waals surface area (Å²) in [4.78, 5) is 26.2. The van der Waals surface area contributed by atoms with E-state index < -0.39 is 5.97 Å². The smallest absolute Gasteiger partial charge is 0.337 e. The molecule has 0 unspecified atom stereocenters. The monoisotopic (exact) mass is 485 g/mol. The van der Waals surface area contributed by atoms with Crippen molar-refractivity contribution < 1.29 is 28.6 Å². The Morgan fingerprint density at radius 3 is 2.75 bits per heavy atom. The molecule has 1 saturated heterocycles. The molecular formula is C22H12ClNO6S2. The lowest BCUT2D eigenvalue weighted by Gasteiger charge is -2.14. The number of thiocarbonyl (C=S) groups is 1. The number of nitrogens with zero attached hydrogens (tertiary/aromatic N) is 1. The van der Waals surface area contributed by atoms with Gasteiger partial charge in [-0.3, -0.25) is 9.69 Å². The maximum absolute atomic E-state index is 13.0. The largest absolute Gasteiger partial charge is 0.478 e. The van der Waals surface area contributed by atoms with Crippen LogP contribution in [0.15, 0.2) is 57.9 Å². The van der Waals surface area contributed by atoms with Crippen LogP contribution < -0.4 is 14.4 Å². The van der Waals surface area contributed by atoms with E-state index in [0.29, 0.717) is 43.5 Å². The fourth-order valence-corrected chi connectivity index (χ4v) is 4.75. The summed E-state index contributed by atoms with van der Waals surface area (Å²) < 4.78 is 16.9. The predicted molar refractivity (Wildman–Crippen MR) is 124 cm³/mol. The van der Waals surface area contributed by atoms with Crippen LogP contribution in [0.5, 0.6) is 11.5 Å². The molecule has 0 spiro atoms. The van der Waals surface area contributed by atoms with Gasteiger partial charge in [-0.25, -0.2) is 4.79 Å². The molecule has 5 rings (SSSR count). The summed E-state index contributed by atoms with van der Waals surface area (Å²) in [6.45, 7) is 0.138. The summed E-state index contributed by atoms with van der Waals surface area (Å²) in [5, 5.41) is 9.40. The molecule has 0 radical (unpaired) electrons. The number of carboxylic acid groups (broad SMARTS) is 1. The second kappa shape index (κ2) is 8.01. The molecule has 160 valence electrons. The maximum Gasteiger partial charge on any atom is 0.337 e. The first-order chi connectivity index (χ1) is 15.4. The zero-order chi connectivity index (χ0) is 22.4. The van der Waals surface area contributed by atoms with Crippen molar-refractivity contribution in [2.45, 2.75) is 0 Å². The first-order valence-electron chi connectivity index (χ1n) is 9.21. The zero-order valence-corrected chi connectivity index (χ0v) is 18.4. The minimum absolute atomic E-state index is 0.0216. The number of rotatable bonds is 4. The van der Waals surface area contributed by atoms with Gasteiger partial charge in [-0.05, 0) is 42.5 Å². The molecular weight excluding hydrogens is 474 g/mol. The van der Waals surface area contributed by atoms with Gasteiger partial charge in [-0.2, -0.15) is 0 Å². The van der Waals surface area contributed by atoms with Gasteiger partial charge in [0.15, 0.2) is 15.8 Å². The van der Waals surface area contributed by atoms with Crippen molar-refractivity contribution in [1.29, 1.82) is 0 Å². The van der Waals surface area contributed by atoms with Crippen LogP contribution in [0.2, 0.25) is 5.02 Å². The Hall–Kier alpha value is -3.27. The SMILES string of the molecule is O=C(O)c1cc(-c2ccc(/C=C3/SC(=S)N(c4ccc5c(c4)OCO5)C3=O)o2)ccc1Cl. The number of anilines is 1. The molecule has 2 aliphatic heterocycles. The lowest BCUT2D eigenvalue weighted by atomic mass is 10.1. The second-order valence-electron chi connectivity index (χ2n) is 6.76. The number of ether oxygens (including phenoxy) is 2. The number of hydrogen-bond acceptors (Lipinski definition) is 7. The van der Waals surface area contributed by atoms with Gasteiger partial charge in [0.25, 0.3) is 5.91 Å². The molecule has 32 heavy (non-hydrogen) atoms. The van der Waals surface area contributed by atoms with E-state index >= 15 is 0 Å². The van der Waals surface area contributed by atoms with Crippen LogP contribution in [-0.2, 0) is 4.79 Å². The van der Waals surface area contributed by atoms with Crippen molar-refractivity contribution in [2.24, 2.45) is 0 Å². The molecule has 1 fully saturated rings. The Kier molecular flexibility index (Phi) is 5.16. The average Bonchev–Trinajstić information content (AvgIpc) is 3.48. The van der Waals surface area contributed by atoms with Crippen molar-refractivity contribution in [1.82, 2.24) is 0 Å². The van der Waals surface area contributed by atoms with E-state index in [0.717, 1.165) is 11.8 Å². The molecule has 0 bridgehead atoms. The fourth-order valence-electron chi connectivity index (χ4n) is 3.27. The first-order valence-corrected chi connectivity index (χ1v) is 10.8. The number of hydrogen-bond donors (Lipinski definition) is 1. The summed E-state index contributed by atoms with van der Waals surface area (Å²) in [7, 11) is 0. The highest BCUT2D eigenvalue weighted by Gasteiger charge is 2.34. The third kappa shape index (κ3) is 3.64. The lowest BCUT2D eigenvalue weighted by molar-refractivity contribution is -0.113. The quantitative estimate of drug-likeness (QED) is 0.386. The molecule has 0 aliphatic carbocycles. The van der Waals surface area contributed by atoms with E-state index in [-0.39, 0.29) is 23.3 Å². The van der Waals surface area contributed by atoms with Gasteiger partial charge in [-0.15, -0.1) is 0 Å². The van der Waals surface area contributed by atoms with E-state index in [4.69, 9.17) is 37.7 Å². The molecule has 1 N–H and O–H groups in total. The number of halogens is 1. The fraction of sp³-hybridized carbons (Fsp3) is 0.0455. The number of carbonyl (C=O) groups excluding carboxylic acids is 1. The third-order valence-corrected chi connectivity index (χ3v) is 6.42. The molecule has 0 atom stereocenters. The molecule has 10 heteroatoms. The summed E-state index contributed by atoms with van der Waals surface area (Å²) in [5.41, 5.74) is 1.12. The Labute approximate surface area is 196 Å². The van der Waals surface area contributed by atoms with Crippen LogP contribution in [0.25, 0.3) is 17.4 Å². The topological polar surface area (TPSA) is 89.2 Å². The van der Waals surface area contributed by atoms with Gasteiger partial charge < -0.3 is 19.0 Å². The number of fused-ring (bicyclic) bond motifs is 1. The summed E-state index contributed by atoms with van der Waals surface area (Å²) in [6, 6.07) is 13.2. The number of aromatic carboxylic acids is 1. The van der Waals surface area contributed by atoms with Crippen molar-refractivity contribution in [3.05, 3.63) is 69.8 Å². The van der Waals surface area contributed by atoms with E-state index in [2.05, 4.69) is 0 Å². The number of benzene rings is 2. The molecule has 1 aromatic heterocycles. The van der Waals surface area contributed by atoms with Gasteiger partial charge in [0.2, 0.25) is 6.79 Å². The summed E-state index contributed by atoms with van der Waals surface area (Å²) in [6.07, 6.45) is 1.60. The van der Waals surface area contributed by atoms with Crippen LogP contribution in [0.3, 0.4) is 0 Å². The van der Waals surface area contributed by atoms with Crippen LogP contribution in [0.4, 0.5) is 5.69 Å². The highest BCUT2D eigenvalue weighted by Crippen LogP contribution is 2.41. The number of amides is 1. The highest BCUT2D eigenvalue weighted by molar-refractivity contribution is 8.27. The highest BCUT2D eigenvalue weighted by atomic mass is 35.5. The number of carbonyl (C=O) groups is 2. The average molecular weight is 486 g/mol. The molecule has 3 aromatic rings. The van der Waals surface area contributed by atoms with Gasteiger partial charge in [0.05, 0.1) is 21.2 Å². The van der Waals surface area contributed by atoms with Crippen molar-refractivity contribution >= 4 is 63.5 Å². The number of thioether (sulfide) groups is 1. The van der Waals surface area contributed by atoms with Crippen LogP contribution >= 0.6 is 35.6 Å². The van der Waals surface area contributed by atoms with Gasteiger partial charge in [-0.1, -0.05) is 35.6 Å². The Morgan fingerprint density at radius 2 is 1.94 bits per heavy atom. The lowest BCUT2D eigenvalue weighted by Crippen LogP contribution is -2.27. The zero-order valence-electron chi connectivity index (χ0n) is 16.0. The van der Waals surface area contributed by atoms with E-state index in [9.17, 15) is 14.7 Å². The standard InChI is InChI=1S/C22H12ClNO6S2/c23-15-4-1-11(7-14(15)21(26)27)16-6-3-13(30-16)9-19-20(25)24(22(31)32-19)12-2-5-17-18(8-12)29-10-28-17/h1-9H,10H2,(H,26,27)/b19-9+. The molecule has 1 amide bonds. The van der Waals surface area contributed by atoms with Gasteiger partial charge >= 0.3 is 5.97 Å². The summed E-state index contributed by atoms with van der Waals surface area (Å²) >= 11 is 12.5. The van der Waals surface area contributed by atoms with Crippen LogP contribution in [0.1, 0.15) is 16.1 Å². The number of furan rings is 1. The minimum Gasteiger partial charge on any atom is -0.478 e. The maximum atomic E-state index is 13.0. The van der Waals surface area contributed by atoms with Crippen molar-refractivity contribution in [3.63, 3.8) is 0 Å². The van der Waals surface area contributed by atoms with Gasteiger partial charge in [0.1, 0.15) is 11.5 Å². The Bertz CT molecular complexity index is 1330. The predicted octanol–water partition coefficient (Wildman–Crippen LogP) is 5.43. The molecule has 2 aromatic carbocycles. The molecule has 3 heterocycles. The van der Waals surface area contributed by atoms with Crippen molar-refractivity contribution in [2.75, 3.05) is 11.7 Å². The molecule has 7 nitrogen and oxygen atoms in total. The minimum atomic E-state index is -1.13. The second-order valence-corrected chi connectivity index (χ2v) is 8.84. The van der Waals surface area contributed by atoms with E-state index in [1.54, 1.807) is 42.5 Å². The first kappa shape index (κ1) is 20.6. The Balaban J connectivity index is 1.41. The third-order valence-electron chi connectivity index (χ3n) is 4.79. The Morgan fingerprint density at radius 1 is 1.12 bits per heavy atom. The van der Waals surface area contributed by atoms with E-state index in [1.165, 1.54) is 17.0 Å². The van der Waals surface area contributed by atoms with Crippen LogP contribution in [0, 0.1) is 0 Å². The summed E-state index contributed by atoms with van der Waals surface area (Å²) in [5.74, 6) is 0.637. The van der Waals surface area contributed by atoms with Gasteiger partial charge in [0, 0.05) is 17.7 Å². The number of carboxylic acids is 1. The molecule has 0 saturated carbocycles. The normalized spacial score (nSPS) is 16.3. The van der Waals surface area contributed by atoms with Crippen LogP contribution in [-0.4, -0.2) is 28.1 Å². The molecule has 2 aliphatic rings. The van der Waals surface area contributed by atoms with Crippen molar-refractivity contribution in [3.8, 4) is 22.8 Å². The van der Waals surface area contributed by atoms with E-state index in [1.807, 2.05) is 0 Å².